The lowest BCUT2D eigenvalue weighted by Gasteiger charge is -2.33. The van der Waals surface area contributed by atoms with Crippen molar-refractivity contribution >= 4 is 17.5 Å². The highest BCUT2D eigenvalue weighted by atomic mass is 35.5. The Bertz CT molecular complexity index is 520. The summed E-state index contributed by atoms with van der Waals surface area (Å²) in [7, 11) is 0. The van der Waals surface area contributed by atoms with Crippen molar-refractivity contribution in [3.8, 4) is 11.5 Å². The van der Waals surface area contributed by atoms with Crippen LogP contribution in [0.3, 0.4) is 0 Å². The van der Waals surface area contributed by atoms with E-state index in [1.54, 1.807) is 17.0 Å². The number of hydrogen-bond donors (Lipinski definition) is 0. The molecule has 1 fully saturated rings. The van der Waals surface area contributed by atoms with Crippen molar-refractivity contribution in [3.05, 3.63) is 22.7 Å². The standard InChI is InChI=1S/C13H14ClNO4/c1-8-6-17-3-2-15(8)13(16)9-4-10(14)12-11(5-9)18-7-19-12/h4-5,8H,2-3,6-7H2,1H3. The molecule has 1 aromatic rings. The van der Waals surface area contributed by atoms with E-state index in [1.807, 2.05) is 6.92 Å². The van der Waals surface area contributed by atoms with Crippen LogP contribution in [0.2, 0.25) is 5.02 Å². The molecular formula is C13H14ClNO4. The van der Waals surface area contributed by atoms with E-state index in [2.05, 4.69) is 0 Å². The van der Waals surface area contributed by atoms with Gasteiger partial charge in [0.25, 0.3) is 5.91 Å². The Morgan fingerprint density at radius 3 is 3.05 bits per heavy atom. The molecule has 0 N–H and O–H groups in total. The molecule has 0 saturated carbocycles. The quantitative estimate of drug-likeness (QED) is 0.790. The van der Waals surface area contributed by atoms with E-state index in [4.69, 9.17) is 25.8 Å². The van der Waals surface area contributed by atoms with E-state index in [0.29, 0.717) is 41.8 Å². The van der Waals surface area contributed by atoms with E-state index in [9.17, 15) is 4.79 Å². The molecule has 6 heteroatoms. The highest BCUT2D eigenvalue weighted by molar-refractivity contribution is 6.32. The van der Waals surface area contributed by atoms with Crippen molar-refractivity contribution < 1.29 is 19.0 Å². The number of morpholine rings is 1. The molecule has 2 heterocycles. The van der Waals surface area contributed by atoms with Crippen molar-refractivity contribution in [3.63, 3.8) is 0 Å². The van der Waals surface area contributed by atoms with Crippen LogP contribution in [0, 0.1) is 0 Å². The maximum Gasteiger partial charge on any atom is 0.254 e. The van der Waals surface area contributed by atoms with Gasteiger partial charge in [0, 0.05) is 12.1 Å². The molecule has 2 aliphatic rings. The summed E-state index contributed by atoms with van der Waals surface area (Å²) in [6.07, 6.45) is 0. The molecule has 2 aliphatic heterocycles. The van der Waals surface area contributed by atoms with Crippen LogP contribution in [0.15, 0.2) is 12.1 Å². The van der Waals surface area contributed by atoms with Gasteiger partial charge in [0.2, 0.25) is 6.79 Å². The third-order valence-electron chi connectivity index (χ3n) is 3.30. The van der Waals surface area contributed by atoms with Gasteiger partial charge in [-0.2, -0.15) is 0 Å². The van der Waals surface area contributed by atoms with Gasteiger partial charge in [0.15, 0.2) is 11.5 Å². The zero-order valence-corrected chi connectivity index (χ0v) is 11.3. The molecular weight excluding hydrogens is 270 g/mol. The van der Waals surface area contributed by atoms with Crippen LogP contribution in [0.25, 0.3) is 0 Å². The normalized spacial score (nSPS) is 21.6. The van der Waals surface area contributed by atoms with Crippen molar-refractivity contribution in [2.45, 2.75) is 13.0 Å². The molecule has 0 bridgehead atoms. The summed E-state index contributed by atoms with van der Waals surface area (Å²) in [6, 6.07) is 3.36. The number of amides is 1. The number of benzene rings is 1. The monoisotopic (exact) mass is 283 g/mol. The minimum absolute atomic E-state index is 0.0593. The number of nitrogens with zero attached hydrogens (tertiary/aromatic N) is 1. The van der Waals surface area contributed by atoms with Crippen LogP contribution in [-0.4, -0.2) is 43.4 Å². The van der Waals surface area contributed by atoms with E-state index in [0.717, 1.165) is 0 Å². The maximum atomic E-state index is 12.5. The predicted molar refractivity (Wildman–Crippen MR) is 68.9 cm³/mol. The lowest BCUT2D eigenvalue weighted by Crippen LogP contribution is -2.47. The summed E-state index contributed by atoms with van der Waals surface area (Å²) < 4.78 is 15.8. The third-order valence-corrected chi connectivity index (χ3v) is 3.58. The van der Waals surface area contributed by atoms with E-state index in [1.165, 1.54) is 0 Å². The zero-order valence-electron chi connectivity index (χ0n) is 10.5. The lowest BCUT2D eigenvalue weighted by atomic mass is 10.1. The first kappa shape index (κ1) is 12.6. The fourth-order valence-corrected chi connectivity index (χ4v) is 2.55. The van der Waals surface area contributed by atoms with Crippen molar-refractivity contribution in [1.82, 2.24) is 4.90 Å². The van der Waals surface area contributed by atoms with Crippen LogP contribution in [-0.2, 0) is 4.74 Å². The Morgan fingerprint density at radius 2 is 2.26 bits per heavy atom. The Morgan fingerprint density at radius 1 is 1.42 bits per heavy atom. The summed E-state index contributed by atoms with van der Waals surface area (Å²) in [4.78, 5) is 14.3. The topological polar surface area (TPSA) is 48.0 Å². The summed E-state index contributed by atoms with van der Waals surface area (Å²) in [6.45, 7) is 3.82. The number of carbonyl (C=O) groups excluding carboxylic acids is 1. The van der Waals surface area contributed by atoms with Gasteiger partial charge in [-0.05, 0) is 19.1 Å². The fraction of sp³-hybridized carbons (Fsp3) is 0.462. The summed E-state index contributed by atoms with van der Waals surface area (Å²) >= 11 is 6.09. The molecule has 0 aromatic heterocycles. The zero-order chi connectivity index (χ0) is 13.4. The smallest absolute Gasteiger partial charge is 0.254 e. The first-order valence-corrected chi connectivity index (χ1v) is 6.52. The minimum Gasteiger partial charge on any atom is -0.454 e. The lowest BCUT2D eigenvalue weighted by molar-refractivity contribution is 0.00358. The Hall–Kier alpha value is -1.46. The predicted octanol–water partition coefficient (Wildman–Crippen LogP) is 1.93. The van der Waals surface area contributed by atoms with Gasteiger partial charge in [-0.1, -0.05) is 11.6 Å². The van der Waals surface area contributed by atoms with Crippen LogP contribution in [0.4, 0.5) is 0 Å². The van der Waals surface area contributed by atoms with Crippen molar-refractivity contribution in [2.24, 2.45) is 0 Å². The molecule has 1 unspecified atom stereocenters. The first-order valence-electron chi connectivity index (χ1n) is 6.14. The van der Waals surface area contributed by atoms with E-state index < -0.39 is 0 Å². The van der Waals surface area contributed by atoms with Gasteiger partial charge >= 0.3 is 0 Å². The highest BCUT2D eigenvalue weighted by Crippen LogP contribution is 2.40. The van der Waals surface area contributed by atoms with Gasteiger partial charge in [-0.15, -0.1) is 0 Å². The molecule has 102 valence electrons. The average molecular weight is 284 g/mol. The van der Waals surface area contributed by atoms with Crippen LogP contribution >= 0.6 is 11.6 Å². The second kappa shape index (κ2) is 4.90. The van der Waals surface area contributed by atoms with E-state index in [-0.39, 0.29) is 18.7 Å². The Labute approximate surface area is 116 Å². The summed E-state index contributed by atoms with van der Waals surface area (Å²) in [5, 5.41) is 0.402. The number of ether oxygens (including phenoxy) is 3. The average Bonchev–Trinajstić information content (AvgIpc) is 2.87. The highest BCUT2D eigenvalue weighted by Gasteiger charge is 2.27. The second-order valence-electron chi connectivity index (χ2n) is 4.61. The molecule has 1 atom stereocenters. The van der Waals surface area contributed by atoms with Crippen LogP contribution in [0.1, 0.15) is 17.3 Å². The molecule has 1 saturated heterocycles. The molecule has 5 nitrogen and oxygen atoms in total. The number of rotatable bonds is 1. The summed E-state index contributed by atoms with van der Waals surface area (Å²) in [5.74, 6) is 0.973. The fourth-order valence-electron chi connectivity index (χ4n) is 2.29. The number of hydrogen-bond acceptors (Lipinski definition) is 4. The van der Waals surface area contributed by atoms with Gasteiger partial charge < -0.3 is 19.1 Å². The van der Waals surface area contributed by atoms with Gasteiger partial charge in [-0.3, -0.25) is 4.79 Å². The second-order valence-corrected chi connectivity index (χ2v) is 5.02. The van der Waals surface area contributed by atoms with Gasteiger partial charge in [0.1, 0.15) is 0 Å². The SMILES string of the molecule is CC1COCCN1C(=O)c1cc(Cl)c2c(c1)OCO2. The van der Waals surface area contributed by atoms with E-state index >= 15 is 0 Å². The first-order chi connectivity index (χ1) is 9.16. The molecule has 0 aliphatic carbocycles. The third kappa shape index (κ3) is 2.24. The molecule has 1 aromatic carbocycles. The molecule has 3 rings (SSSR count). The Balaban J connectivity index is 1.89. The van der Waals surface area contributed by atoms with Crippen LogP contribution in [0.5, 0.6) is 11.5 Å². The number of halogens is 1. The molecule has 0 spiro atoms. The molecule has 19 heavy (non-hydrogen) atoms. The largest absolute Gasteiger partial charge is 0.454 e. The summed E-state index contributed by atoms with van der Waals surface area (Å²) in [5.41, 5.74) is 0.517. The number of carbonyl (C=O) groups is 1. The number of fused-ring (bicyclic) bond motifs is 1. The molecule has 1 amide bonds. The Kier molecular flexibility index (Phi) is 3.24. The van der Waals surface area contributed by atoms with Gasteiger partial charge in [-0.25, -0.2) is 0 Å². The molecule has 0 radical (unpaired) electrons. The van der Waals surface area contributed by atoms with Gasteiger partial charge in [0.05, 0.1) is 24.3 Å². The van der Waals surface area contributed by atoms with Crippen molar-refractivity contribution in [2.75, 3.05) is 26.6 Å². The minimum atomic E-state index is -0.0593. The maximum absolute atomic E-state index is 12.5. The van der Waals surface area contributed by atoms with Crippen LogP contribution < -0.4 is 9.47 Å². The van der Waals surface area contributed by atoms with Crippen molar-refractivity contribution in [1.29, 1.82) is 0 Å².